The topological polar surface area (TPSA) is 24.5 Å². The molecule has 2 aliphatic rings. The molecule has 0 aromatic heterocycles. The van der Waals surface area contributed by atoms with E-state index in [2.05, 4.69) is 10.2 Å². The molecule has 0 saturated carbocycles. The van der Waals surface area contributed by atoms with Crippen molar-refractivity contribution >= 4 is 0 Å². The molecular formula is C16H22F2N2O. The Bertz CT molecular complexity index is 477. The van der Waals surface area contributed by atoms with Crippen LogP contribution < -0.4 is 5.32 Å². The fraction of sp³-hybridized carbons (Fsp3) is 0.625. The number of nitrogens with one attached hydrogen (secondary N) is 1. The molecule has 116 valence electrons. The van der Waals surface area contributed by atoms with E-state index in [1.807, 2.05) is 6.92 Å². The van der Waals surface area contributed by atoms with Gasteiger partial charge in [-0.25, -0.2) is 8.78 Å². The van der Waals surface area contributed by atoms with Crippen molar-refractivity contribution in [1.29, 1.82) is 0 Å². The summed E-state index contributed by atoms with van der Waals surface area (Å²) in [5.41, 5.74) is 0.0991. The Hall–Kier alpha value is -1.04. The maximum Gasteiger partial charge on any atom is 0.131 e. The summed E-state index contributed by atoms with van der Waals surface area (Å²) >= 11 is 0. The number of morpholine rings is 1. The van der Waals surface area contributed by atoms with Crippen LogP contribution in [0.15, 0.2) is 18.2 Å². The Morgan fingerprint density at radius 1 is 1.38 bits per heavy atom. The lowest BCUT2D eigenvalue weighted by Gasteiger charge is -2.39. The lowest BCUT2D eigenvalue weighted by atomic mass is 9.98. The van der Waals surface area contributed by atoms with Crippen LogP contribution in [0, 0.1) is 11.6 Å². The van der Waals surface area contributed by atoms with Gasteiger partial charge in [0, 0.05) is 18.2 Å². The molecule has 5 heteroatoms. The number of fused-ring (bicyclic) bond motifs is 1. The van der Waals surface area contributed by atoms with Gasteiger partial charge in [0.05, 0.1) is 18.8 Å². The first-order valence-electron chi connectivity index (χ1n) is 7.73. The molecule has 21 heavy (non-hydrogen) atoms. The molecule has 1 N–H and O–H groups in total. The van der Waals surface area contributed by atoms with Gasteiger partial charge in [0.1, 0.15) is 11.6 Å². The molecule has 2 saturated heterocycles. The Kier molecular flexibility index (Phi) is 4.52. The predicted molar refractivity (Wildman–Crippen MR) is 77.1 cm³/mol. The third-order valence-electron chi connectivity index (χ3n) is 4.52. The molecule has 2 aliphatic heterocycles. The smallest absolute Gasteiger partial charge is 0.131 e. The molecule has 0 aliphatic carbocycles. The van der Waals surface area contributed by atoms with Crippen LogP contribution in [-0.2, 0) is 4.74 Å². The minimum absolute atomic E-state index is 0.0991. The number of rotatable bonds is 4. The maximum absolute atomic E-state index is 14.1. The van der Waals surface area contributed by atoms with Gasteiger partial charge in [-0.15, -0.1) is 0 Å². The van der Waals surface area contributed by atoms with E-state index in [0.29, 0.717) is 19.2 Å². The number of hydrogen-bond acceptors (Lipinski definition) is 3. The fourth-order valence-electron chi connectivity index (χ4n) is 3.49. The third-order valence-corrected chi connectivity index (χ3v) is 4.52. The summed E-state index contributed by atoms with van der Waals surface area (Å²) in [5.74, 6) is -1.01. The van der Waals surface area contributed by atoms with Crippen molar-refractivity contribution in [3.05, 3.63) is 35.4 Å². The van der Waals surface area contributed by atoms with Gasteiger partial charge in [-0.1, -0.05) is 13.0 Å². The molecule has 2 heterocycles. The zero-order valence-corrected chi connectivity index (χ0v) is 12.3. The first kappa shape index (κ1) is 14.9. The summed E-state index contributed by atoms with van der Waals surface area (Å²) in [6, 6.07) is 4.05. The van der Waals surface area contributed by atoms with Gasteiger partial charge in [-0.05, 0) is 38.1 Å². The van der Waals surface area contributed by atoms with Crippen molar-refractivity contribution < 1.29 is 13.5 Å². The Balaban J connectivity index is 1.84. The van der Waals surface area contributed by atoms with Gasteiger partial charge in [0.2, 0.25) is 0 Å². The van der Waals surface area contributed by atoms with Crippen LogP contribution in [-0.4, -0.2) is 43.3 Å². The summed E-state index contributed by atoms with van der Waals surface area (Å²) < 4.78 is 34.1. The average Bonchev–Trinajstić information content (AvgIpc) is 2.93. The minimum Gasteiger partial charge on any atom is -0.373 e. The van der Waals surface area contributed by atoms with Crippen LogP contribution in [0.4, 0.5) is 8.78 Å². The highest BCUT2D eigenvalue weighted by atomic mass is 19.1. The molecule has 0 radical (unpaired) electrons. The van der Waals surface area contributed by atoms with Crippen LogP contribution in [0.1, 0.15) is 31.4 Å². The Labute approximate surface area is 124 Å². The first-order chi connectivity index (χ1) is 10.2. The molecule has 3 nitrogen and oxygen atoms in total. The van der Waals surface area contributed by atoms with E-state index in [9.17, 15) is 8.78 Å². The molecule has 0 spiro atoms. The SMILES string of the molecule is CCNC(c1c(F)cccc1F)C1CN2CCCC2CO1. The van der Waals surface area contributed by atoms with Crippen molar-refractivity contribution in [2.45, 2.75) is 38.0 Å². The van der Waals surface area contributed by atoms with Gasteiger partial charge >= 0.3 is 0 Å². The number of halogens is 2. The van der Waals surface area contributed by atoms with E-state index in [0.717, 1.165) is 19.5 Å². The number of nitrogens with zero attached hydrogens (tertiary/aromatic N) is 1. The second kappa shape index (κ2) is 6.38. The van der Waals surface area contributed by atoms with Crippen molar-refractivity contribution in [1.82, 2.24) is 10.2 Å². The second-order valence-electron chi connectivity index (χ2n) is 5.83. The van der Waals surface area contributed by atoms with E-state index < -0.39 is 17.7 Å². The molecule has 3 rings (SSSR count). The highest BCUT2D eigenvalue weighted by molar-refractivity contribution is 5.25. The average molecular weight is 296 g/mol. The normalized spacial score (nSPS) is 27.6. The van der Waals surface area contributed by atoms with Crippen LogP contribution in [0.25, 0.3) is 0 Å². The molecule has 0 bridgehead atoms. The predicted octanol–water partition coefficient (Wildman–Crippen LogP) is 2.48. The largest absolute Gasteiger partial charge is 0.373 e. The van der Waals surface area contributed by atoms with Crippen molar-refractivity contribution in [2.75, 3.05) is 26.2 Å². The van der Waals surface area contributed by atoms with Crippen LogP contribution in [0.3, 0.4) is 0 Å². The van der Waals surface area contributed by atoms with Crippen molar-refractivity contribution in [3.8, 4) is 0 Å². The summed E-state index contributed by atoms with van der Waals surface area (Å²) in [4.78, 5) is 2.39. The highest BCUT2D eigenvalue weighted by Gasteiger charge is 2.37. The second-order valence-corrected chi connectivity index (χ2v) is 5.83. The number of benzene rings is 1. The number of hydrogen-bond donors (Lipinski definition) is 1. The molecule has 3 unspecified atom stereocenters. The standard InChI is InChI=1S/C16H22F2N2O/c1-2-19-16(15-12(17)6-3-7-13(15)18)14-9-20-8-4-5-11(20)10-21-14/h3,6-7,11,14,16,19H,2,4-5,8-10H2,1H3. The van der Waals surface area contributed by atoms with E-state index in [-0.39, 0.29) is 11.7 Å². The molecular weight excluding hydrogens is 274 g/mol. The summed E-state index contributed by atoms with van der Waals surface area (Å²) in [5, 5.41) is 3.20. The highest BCUT2D eigenvalue weighted by Crippen LogP contribution is 2.31. The van der Waals surface area contributed by atoms with Gasteiger partial charge in [-0.3, -0.25) is 4.90 Å². The summed E-state index contributed by atoms with van der Waals surface area (Å²) in [6.45, 7) is 5.02. The fourth-order valence-corrected chi connectivity index (χ4v) is 3.49. The first-order valence-corrected chi connectivity index (χ1v) is 7.73. The maximum atomic E-state index is 14.1. The molecule has 1 aromatic rings. The van der Waals surface area contributed by atoms with Gasteiger partial charge in [0.15, 0.2) is 0 Å². The zero-order chi connectivity index (χ0) is 14.8. The van der Waals surface area contributed by atoms with E-state index >= 15 is 0 Å². The molecule has 0 amide bonds. The van der Waals surface area contributed by atoms with E-state index in [1.165, 1.54) is 24.6 Å². The monoisotopic (exact) mass is 296 g/mol. The van der Waals surface area contributed by atoms with E-state index in [4.69, 9.17) is 4.74 Å². The third kappa shape index (κ3) is 2.96. The summed E-state index contributed by atoms with van der Waals surface area (Å²) in [7, 11) is 0. The Morgan fingerprint density at radius 2 is 2.14 bits per heavy atom. The van der Waals surface area contributed by atoms with Crippen molar-refractivity contribution in [3.63, 3.8) is 0 Å². The Morgan fingerprint density at radius 3 is 2.86 bits per heavy atom. The van der Waals surface area contributed by atoms with Crippen LogP contribution in [0.5, 0.6) is 0 Å². The molecule has 3 atom stereocenters. The van der Waals surface area contributed by atoms with Crippen molar-refractivity contribution in [2.24, 2.45) is 0 Å². The lowest BCUT2D eigenvalue weighted by molar-refractivity contribution is -0.0659. The van der Waals surface area contributed by atoms with Crippen LogP contribution in [0.2, 0.25) is 0 Å². The zero-order valence-electron chi connectivity index (χ0n) is 12.3. The number of likely N-dealkylation sites (N-methyl/N-ethyl adjacent to an activating group) is 1. The minimum atomic E-state index is -0.506. The van der Waals surface area contributed by atoms with Gasteiger partial charge in [0.25, 0.3) is 0 Å². The van der Waals surface area contributed by atoms with Gasteiger partial charge < -0.3 is 10.1 Å². The van der Waals surface area contributed by atoms with Crippen LogP contribution >= 0.6 is 0 Å². The summed E-state index contributed by atoms with van der Waals surface area (Å²) in [6.07, 6.45) is 2.12. The van der Waals surface area contributed by atoms with E-state index in [1.54, 1.807) is 0 Å². The lowest BCUT2D eigenvalue weighted by Crippen LogP contribution is -2.51. The molecule has 1 aromatic carbocycles. The number of ether oxygens (including phenoxy) is 1. The van der Waals surface area contributed by atoms with Gasteiger partial charge in [-0.2, -0.15) is 0 Å². The molecule has 2 fully saturated rings. The quantitative estimate of drug-likeness (QED) is 0.924.